The Morgan fingerprint density at radius 1 is 1.03 bits per heavy atom. The zero-order chi connectivity index (χ0) is 24.6. The number of urea groups is 1. The fourth-order valence-electron chi connectivity index (χ4n) is 4.24. The standard InChI is InChI=1S/C27H21N3O5/c1-35-20-11-10-19-15-30(24(32)22(19)14-20)16-27(25(33)28-26(34)29-27)13-12-17-6-8-18(9-7-17)21-4-2-3-5-23(21)31/h2-11,14,31H,15-16H2,1H3,(H2,28,29,33,34). The molecule has 1 atom stereocenters. The maximum Gasteiger partial charge on any atom is 0.323 e. The number of rotatable bonds is 4. The normalized spacial score (nSPS) is 18.4. The van der Waals surface area contributed by atoms with Crippen LogP contribution in [-0.2, 0) is 11.3 Å². The number of amides is 4. The number of carbonyl (C=O) groups excluding carboxylic acids is 3. The summed E-state index contributed by atoms with van der Waals surface area (Å²) in [7, 11) is 1.52. The summed E-state index contributed by atoms with van der Waals surface area (Å²) in [4.78, 5) is 39.3. The minimum absolute atomic E-state index is 0.108. The molecule has 0 radical (unpaired) electrons. The molecule has 35 heavy (non-hydrogen) atoms. The summed E-state index contributed by atoms with van der Waals surface area (Å²) in [6, 6.07) is 18.7. The molecule has 3 aromatic rings. The maximum atomic E-state index is 13.0. The minimum Gasteiger partial charge on any atom is -0.507 e. The Morgan fingerprint density at radius 2 is 1.80 bits per heavy atom. The van der Waals surface area contributed by atoms with Gasteiger partial charge in [0.25, 0.3) is 11.8 Å². The van der Waals surface area contributed by atoms with Crippen LogP contribution in [0.3, 0.4) is 0 Å². The van der Waals surface area contributed by atoms with Crippen LogP contribution >= 0.6 is 0 Å². The number of fused-ring (bicyclic) bond motifs is 1. The summed E-state index contributed by atoms with van der Waals surface area (Å²) in [5.74, 6) is 5.71. The number of phenols is 1. The number of carbonyl (C=O) groups is 3. The van der Waals surface area contributed by atoms with Gasteiger partial charge in [-0.15, -0.1) is 0 Å². The summed E-state index contributed by atoms with van der Waals surface area (Å²) in [5.41, 5.74) is 1.83. The van der Waals surface area contributed by atoms with Crippen LogP contribution in [0.25, 0.3) is 11.1 Å². The number of imide groups is 1. The monoisotopic (exact) mass is 467 g/mol. The molecule has 8 heteroatoms. The Labute approximate surface area is 201 Å². The lowest BCUT2D eigenvalue weighted by Gasteiger charge is -2.26. The summed E-state index contributed by atoms with van der Waals surface area (Å²) in [6.07, 6.45) is 0. The second-order valence-corrected chi connectivity index (χ2v) is 8.34. The number of benzene rings is 3. The highest BCUT2D eigenvalue weighted by molar-refractivity contribution is 6.10. The number of nitrogens with zero attached hydrogens (tertiary/aromatic N) is 1. The van der Waals surface area contributed by atoms with Crippen LogP contribution in [0, 0.1) is 11.8 Å². The van der Waals surface area contributed by atoms with Gasteiger partial charge in [-0.25, -0.2) is 4.79 Å². The van der Waals surface area contributed by atoms with E-state index in [4.69, 9.17) is 4.74 Å². The number of ether oxygens (including phenoxy) is 1. The summed E-state index contributed by atoms with van der Waals surface area (Å²) < 4.78 is 5.21. The van der Waals surface area contributed by atoms with Gasteiger partial charge >= 0.3 is 6.03 Å². The molecule has 8 nitrogen and oxygen atoms in total. The Balaban J connectivity index is 1.42. The molecule has 1 unspecified atom stereocenters. The number of methoxy groups -OCH3 is 1. The van der Waals surface area contributed by atoms with E-state index >= 15 is 0 Å². The highest BCUT2D eigenvalue weighted by Crippen LogP contribution is 2.30. The smallest absolute Gasteiger partial charge is 0.323 e. The first-order valence-electron chi connectivity index (χ1n) is 10.9. The number of aromatic hydroxyl groups is 1. The molecule has 0 saturated carbocycles. The quantitative estimate of drug-likeness (QED) is 0.404. The van der Waals surface area contributed by atoms with Crippen molar-refractivity contribution in [2.75, 3.05) is 13.7 Å². The van der Waals surface area contributed by atoms with E-state index in [0.717, 1.165) is 11.1 Å². The topological polar surface area (TPSA) is 108 Å². The summed E-state index contributed by atoms with van der Waals surface area (Å²) in [6.45, 7) is 0.184. The fourth-order valence-corrected chi connectivity index (χ4v) is 4.24. The average Bonchev–Trinajstić information content (AvgIpc) is 3.32. The van der Waals surface area contributed by atoms with Gasteiger partial charge in [0, 0.05) is 23.2 Å². The van der Waals surface area contributed by atoms with E-state index in [9.17, 15) is 19.5 Å². The zero-order valence-corrected chi connectivity index (χ0v) is 18.8. The summed E-state index contributed by atoms with van der Waals surface area (Å²) >= 11 is 0. The van der Waals surface area contributed by atoms with Crippen molar-refractivity contribution < 1.29 is 24.2 Å². The van der Waals surface area contributed by atoms with Gasteiger partial charge in [0.1, 0.15) is 11.5 Å². The highest BCUT2D eigenvalue weighted by atomic mass is 16.5. The van der Waals surface area contributed by atoms with Crippen molar-refractivity contribution >= 4 is 17.8 Å². The van der Waals surface area contributed by atoms with Crippen molar-refractivity contribution in [1.29, 1.82) is 0 Å². The van der Waals surface area contributed by atoms with Gasteiger partial charge in [0.05, 0.1) is 13.7 Å². The molecule has 2 aliphatic heterocycles. The van der Waals surface area contributed by atoms with Crippen LogP contribution in [0.4, 0.5) is 4.79 Å². The molecule has 1 fully saturated rings. The minimum atomic E-state index is -1.59. The molecule has 3 N–H and O–H groups in total. The highest BCUT2D eigenvalue weighted by Gasteiger charge is 2.48. The third kappa shape index (κ3) is 4.04. The van der Waals surface area contributed by atoms with E-state index in [2.05, 4.69) is 22.5 Å². The van der Waals surface area contributed by atoms with E-state index in [1.54, 1.807) is 36.4 Å². The van der Waals surface area contributed by atoms with Crippen molar-refractivity contribution in [2.24, 2.45) is 0 Å². The van der Waals surface area contributed by atoms with Gasteiger partial charge in [-0.1, -0.05) is 48.2 Å². The van der Waals surface area contributed by atoms with Gasteiger partial charge in [-0.05, 0) is 41.5 Å². The third-order valence-corrected chi connectivity index (χ3v) is 6.09. The number of phenolic OH excluding ortho intramolecular Hbond substituents is 1. The largest absolute Gasteiger partial charge is 0.507 e. The lowest BCUT2D eigenvalue weighted by Crippen LogP contribution is -2.54. The van der Waals surface area contributed by atoms with Crippen LogP contribution in [0.5, 0.6) is 11.5 Å². The molecule has 0 spiro atoms. The number of para-hydroxylation sites is 1. The number of hydrogen-bond donors (Lipinski definition) is 3. The Kier molecular flexibility index (Phi) is 5.38. The SMILES string of the molecule is COc1ccc2c(c1)C(=O)N(CC1(C#Cc3ccc(-c4ccccc4O)cc3)NC(=O)NC1=O)C2. The van der Waals surface area contributed by atoms with Gasteiger partial charge in [0.2, 0.25) is 5.54 Å². The van der Waals surface area contributed by atoms with Crippen molar-refractivity contribution in [3.05, 3.63) is 83.4 Å². The lowest BCUT2D eigenvalue weighted by atomic mass is 9.98. The number of nitrogens with one attached hydrogen (secondary N) is 2. The third-order valence-electron chi connectivity index (χ3n) is 6.09. The second kappa shape index (κ2) is 8.54. The molecule has 0 aliphatic carbocycles. The lowest BCUT2D eigenvalue weighted by molar-refractivity contribution is -0.122. The maximum absolute atomic E-state index is 13.0. The van der Waals surface area contributed by atoms with Crippen molar-refractivity contribution in [3.63, 3.8) is 0 Å². The Hall–Kier alpha value is -4.77. The van der Waals surface area contributed by atoms with Crippen LogP contribution in [0.15, 0.2) is 66.7 Å². The average molecular weight is 467 g/mol. The van der Waals surface area contributed by atoms with Crippen molar-refractivity contribution in [1.82, 2.24) is 15.5 Å². The predicted octanol–water partition coefficient (Wildman–Crippen LogP) is 2.65. The van der Waals surface area contributed by atoms with E-state index in [-0.39, 0.29) is 18.2 Å². The molecule has 2 aliphatic rings. The van der Waals surface area contributed by atoms with Crippen molar-refractivity contribution in [3.8, 4) is 34.5 Å². The Morgan fingerprint density at radius 3 is 2.49 bits per heavy atom. The van der Waals surface area contributed by atoms with Crippen LogP contribution < -0.4 is 15.4 Å². The van der Waals surface area contributed by atoms with Gasteiger partial charge in [-0.3, -0.25) is 14.9 Å². The van der Waals surface area contributed by atoms with Crippen LogP contribution in [0.2, 0.25) is 0 Å². The molecule has 174 valence electrons. The van der Waals surface area contributed by atoms with E-state index in [1.165, 1.54) is 12.0 Å². The molecule has 2 heterocycles. The van der Waals surface area contributed by atoms with Crippen LogP contribution in [0.1, 0.15) is 21.5 Å². The summed E-state index contributed by atoms with van der Waals surface area (Å²) in [5, 5.41) is 14.9. The molecule has 1 saturated heterocycles. The zero-order valence-electron chi connectivity index (χ0n) is 18.8. The van der Waals surface area contributed by atoms with E-state index < -0.39 is 17.5 Å². The predicted molar refractivity (Wildman–Crippen MR) is 128 cm³/mol. The van der Waals surface area contributed by atoms with E-state index in [0.29, 0.717) is 29.0 Å². The van der Waals surface area contributed by atoms with Gasteiger partial charge < -0.3 is 20.1 Å². The molecule has 3 aromatic carbocycles. The molecular weight excluding hydrogens is 446 g/mol. The van der Waals surface area contributed by atoms with Gasteiger partial charge in [0.15, 0.2) is 0 Å². The Bertz CT molecular complexity index is 1420. The molecule has 0 bridgehead atoms. The molecular formula is C27H21N3O5. The first kappa shape index (κ1) is 22.0. The van der Waals surface area contributed by atoms with Crippen molar-refractivity contribution in [2.45, 2.75) is 12.1 Å². The van der Waals surface area contributed by atoms with E-state index in [1.807, 2.05) is 30.3 Å². The molecule has 0 aromatic heterocycles. The second-order valence-electron chi connectivity index (χ2n) is 8.34. The van der Waals surface area contributed by atoms with Gasteiger partial charge in [-0.2, -0.15) is 0 Å². The first-order valence-corrected chi connectivity index (χ1v) is 10.9. The number of hydrogen-bond acceptors (Lipinski definition) is 5. The fraction of sp³-hybridized carbons (Fsp3) is 0.148. The molecule has 4 amide bonds. The molecule has 5 rings (SSSR count). The van der Waals surface area contributed by atoms with Crippen LogP contribution in [-0.4, -0.2) is 47.0 Å². The first-order chi connectivity index (χ1) is 16.9.